The average molecular weight is 496 g/mol. The first-order chi connectivity index (χ1) is 17.9. The molecule has 0 radical (unpaired) electrons. The van der Waals surface area contributed by atoms with E-state index in [-0.39, 0.29) is 17.2 Å². The Kier molecular flexibility index (Phi) is 5.11. The van der Waals surface area contributed by atoms with Gasteiger partial charge < -0.3 is 4.74 Å². The normalized spacial score (nSPS) is 23.5. The maximum atomic E-state index is 13.9. The SMILES string of the molecule is COc1ccc(C(=O)[C@H]2[C@H]3C(=O)N(c4cccc([N+](=O)[O-])c4)C(=O)[C@@H]3[C@H]3c4ccccc4C=NN32)cc1. The van der Waals surface area contributed by atoms with Gasteiger partial charge in [-0.3, -0.25) is 29.5 Å². The van der Waals surface area contributed by atoms with E-state index in [1.807, 2.05) is 24.3 Å². The number of nitrogens with zero attached hydrogens (tertiary/aromatic N) is 4. The molecule has 0 spiro atoms. The van der Waals surface area contributed by atoms with E-state index in [1.54, 1.807) is 35.5 Å². The van der Waals surface area contributed by atoms with Crippen molar-refractivity contribution in [1.29, 1.82) is 0 Å². The molecular weight excluding hydrogens is 476 g/mol. The molecular formula is C27H20N4O6. The summed E-state index contributed by atoms with van der Waals surface area (Å²) < 4.78 is 5.19. The van der Waals surface area contributed by atoms with Crippen molar-refractivity contribution >= 4 is 35.2 Å². The largest absolute Gasteiger partial charge is 0.497 e. The minimum Gasteiger partial charge on any atom is -0.497 e. The molecule has 4 atom stereocenters. The zero-order chi connectivity index (χ0) is 25.8. The number of fused-ring (bicyclic) bond motifs is 5. The number of hydrogen-bond donors (Lipinski definition) is 0. The number of carbonyl (C=O) groups is 3. The lowest BCUT2D eigenvalue weighted by Gasteiger charge is -2.33. The number of hydrogen-bond acceptors (Lipinski definition) is 8. The second kappa shape index (κ2) is 8.37. The number of nitro benzene ring substituents is 1. The number of anilines is 1. The molecule has 0 N–H and O–H groups in total. The van der Waals surface area contributed by atoms with E-state index in [0.29, 0.717) is 11.3 Å². The third-order valence-electron chi connectivity index (χ3n) is 7.24. The van der Waals surface area contributed by atoms with Crippen LogP contribution in [0, 0.1) is 22.0 Å². The summed E-state index contributed by atoms with van der Waals surface area (Å²) in [5, 5.41) is 17.4. The number of benzene rings is 3. The predicted molar refractivity (Wildman–Crippen MR) is 132 cm³/mol. The van der Waals surface area contributed by atoms with Crippen molar-refractivity contribution < 1.29 is 24.0 Å². The molecule has 0 bridgehead atoms. The number of ether oxygens (including phenoxy) is 1. The molecule has 3 aromatic rings. The molecule has 37 heavy (non-hydrogen) atoms. The van der Waals surface area contributed by atoms with Gasteiger partial charge in [0.2, 0.25) is 11.8 Å². The first kappa shape index (κ1) is 22.6. The number of imide groups is 1. The molecule has 10 nitrogen and oxygen atoms in total. The molecule has 3 aliphatic rings. The Labute approximate surface area is 210 Å². The van der Waals surface area contributed by atoms with Crippen LogP contribution < -0.4 is 9.64 Å². The molecule has 2 amide bonds. The Balaban J connectivity index is 1.47. The quantitative estimate of drug-likeness (QED) is 0.230. The van der Waals surface area contributed by atoms with E-state index in [2.05, 4.69) is 5.10 Å². The van der Waals surface area contributed by atoms with Crippen LogP contribution in [0.5, 0.6) is 5.75 Å². The Hall–Kier alpha value is -4.86. The summed E-state index contributed by atoms with van der Waals surface area (Å²) in [6, 6.07) is 17.7. The summed E-state index contributed by atoms with van der Waals surface area (Å²) in [5.41, 5.74) is 1.81. The minimum atomic E-state index is -1.03. The fourth-order valence-corrected chi connectivity index (χ4v) is 5.59. The van der Waals surface area contributed by atoms with Crippen LogP contribution in [0.3, 0.4) is 0 Å². The highest BCUT2D eigenvalue weighted by Gasteiger charge is 2.65. The van der Waals surface area contributed by atoms with Gasteiger partial charge in [-0.25, -0.2) is 4.90 Å². The van der Waals surface area contributed by atoms with E-state index in [9.17, 15) is 24.5 Å². The van der Waals surface area contributed by atoms with E-state index in [0.717, 1.165) is 16.0 Å². The highest BCUT2D eigenvalue weighted by atomic mass is 16.6. The number of carbonyl (C=O) groups excluding carboxylic acids is 3. The third-order valence-corrected chi connectivity index (χ3v) is 7.24. The topological polar surface area (TPSA) is 122 Å². The molecule has 3 aromatic carbocycles. The molecule has 2 fully saturated rings. The maximum absolute atomic E-state index is 13.9. The highest BCUT2D eigenvalue weighted by molar-refractivity contribution is 6.24. The van der Waals surface area contributed by atoms with Crippen molar-refractivity contribution in [1.82, 2.24) is 5.01 Å². The number of hydrazone groups is 1. The number of Topliss-reactive ketones (excluding diaryl/α,β-unsaturated/α-hetero) is 1. The van der Waals surface area contributed by atoms with Gasteiger partial charge >= 0.3 is 0 Å². The van der Waals surface area contributed by atoms with Gasteiger partial charge in [0.1, 0.15) is 11.8 Å². The van der Waals surface area contributed by atoms with Gasteiger partial charge in [0, 0.05) is 17.7 Å². The lowest BCUT2D eigenvalue weighted by atomic mass is 9.83. The fraction of sp³-hybridized carbons (Fsp3) is 0.185. The lowest BCUT2D eigenvalue weighted by molar-refractivity contribution is -0.384. The molecule has 6 rings (SSSR count). The van der Waals surface area contributed by atoms with Crippen LogP contribution in [0.1, 0.15) is 27.5 Å². The van der Waals surface area contributed by atoms with Crippen molar-refractivity contribution in [2.75, 3.05) is 12.0 Å². The number of amides is 2. The second-order valence-corrected chi connectivity index (χ2v) is 9.08. The van der Waals surface area contributed by atoms with Gasteiger partial charge in [-0.05, 0) is 41.5 Å². The number of nitro groups is 1. The van der Waals surface area contributed by atoms with Gasteiger partial charge in [-0.15, -0.1) is 0 Å². The number of methoxy groups -OCH3 is 1. The zero-order valence-electron chi connectivity index (χ0n) is 19.6. The van der Waals surface area contributed by atoms with Gasteiger partial charge in [-0.1, -0.05) is 30.3 Å². The van der Waals surface area contributed by atoms with Crippen LogP contribution in [0.25, 0.3) is 0 Å². The molecule has 184 valence electrons. The Morgan fingerprint density at radius 3 is 2.43 bits per heavy atom. The molecule has 10 heteroatoms. The number of ketones is 1. The van der Waals surface area contributed by atoms with Crippen molar-refractivity contribution in [2.45, 2.75) is 12.1 Å². The predicted octanol–water partition coefficient (Wildman–Crippen LogP) is 3.36. The second-order valence-electron chi connectivity index (χ2n) is 9.08. The fourth-order valence-electron chi connectivity index (χ4n) is 5.59. The summed E-state index contributed by atoms with van der Waals surface area (Å²) in [6.45, 7) is 0. The van der Waals surface area contributed by atoms with Crippen LogP contribution in [0.15, 0.2) is 77.9 Å². The highest BCUT2D eigenvalue weighted by Crippen LogP contribution is 2.53. The number of rotatable bonds is 5. The van der Waals surface area contributed by atoms with E-state index < -0.39 is 40.7 Å². The summed E-state index contributed by atoms with van der Waals surface area (Å²) in [7, 11) is 1.52. The van der Waals surface area contributed by atoms with Gasteiger partial charge in [0.15, 0.2) is 5.78 Å². The van der Waals surface area contributed by atoms with Crippen molar-refractivity contribution in [3.05, 3.63) is 99.6 Å². The Bertz CT molecular complexity index is 1500. The standard InChI is InChI=1S/C27H20N4O6/c1-37-19-11-9-15(10-12-19)25(32)24-22-21(23-20-8-3-2-5-16(20)14-28-30(23)24)26(33)29(27(22)34)17-6-4-7-18(13-17)31(35)36/h2-14,21-24H,1H3/t21-,22-,23+,24+/m0/s1. The zero-order valence-corrected chi connectivity index (χ0v) is 19.6. The molecule has 0 aromatic heterocycles. The Morgan fingerprint density at radius 2 is 1.70 bits per heavy atom. The summed E-state index contributed by atoms with van der Waals surface area (Å²) in [4.78, 5) is 53.3. The summed E-state index contributed by atoms with van der Waals surface area (Å²) >= 11 is 0. The first-order valence-electron chi connectivity index (χ1n) is 11.6. The molecule has 0 aliphatic carbocycles. The summed E-state index contributed by atoms with van der Waals surface area (Å²) in [6.07, 6.45) is 1.63. The van der Waals surface area contributed by atoms with Crippen molar-refractivity contribution in [3.63, 3.8) is 0 Å². The van der Waals surface area contributed by atoms with E-state index >= 15 is 0 Å². The molecule has 3 aliphatic heterocycles. The first-order valence-corrected chi connectivity index (χ1v) is 11.6. The van der Waals surface area contributed by atoms with Crippen LogP contribution in [-0.2, 0) is 9.59 Å². The monoisotopic (exact) mass is 496 g/mol. The molecule has 2 saturated heterocycles. The molecule has 0 unspecified atom stereocenters. The third kappa shape index (κ3) is 3.33. The van der Waals surface area contributed by atoms with Gasteiger partial charge in [-0.2, -0.15) is 5.10 Å². The van der Waals surface area contributed by atoms with E-state index in [4.69, 9.17) is 4.74 Å². The van der Waals surface area contributed by atoms with Crippen molar-refractivity contribution in [2.24, 2.45) is 16.9 Å². The maximum Gasteiger partial charge on any atom is 0.271 e. The van der Waals surface area contributed by atoms with Crippen molar-refractivity contribution in [3.8, 4) is 5.75 Å². The van der Waals surface area contributed by atoms with Crippen LogP contribution in [0.4, 0.5) is 11.4 Å². The number of non-ortho nitro benzene ring substituents is 1. The lowest BCUT2D eigenvalue weighted by Crippen LogP contribution is -2.44. The summed E-state index contributed by atoms with van der Waals surface area (Å²) in [5.74, 6) is -2.77. The van der Waals surface area contributed by atoms with Gasteiger partial charge in [0.25, 0.3) is 5.69 Å². The average Bonchev–Trinajstić information content (AvgIpc) is 3.40. The van der Waals surface area contributed by atoms with Gasteiger partial charge in [0.05, 0.1) is 41.8 Å². The van der Waals surface area contributed by atoms with E-state index in [1.165, 1.54) is 31.4 Å². The van der Waals surface area contributed by atoms with Crippen LogP contribution >= 0.6 is 0 Å². The minimum absolute atomic E-state index is 0.105. The molecule has 3 heterocycles. The van der Waals surface area contributed by atoms with Crippen LogP contribution in [-0.4, -0.2) is 46.9 Å². The molecule has 0 saturated carbocycles. The Morgan fingerprint density at radius 1 is 0.973 bits per heavy atom. The van der Waals surface area contributed by atoms with Crippen LogP contribution in [0.2, 0.25) is 0 Å². The smallest absolute Gasteiger partial charge is 0.271 e.